The quantitative estimate of drug-likeness (QED) is 0.640. The molecular formula is C13H25N3O4. The van der Waals surface area contributed by atoms with Gasteiger partial charge in [-0.05, 0) is 27.2 Å². The van der Waals surface area contributed by atoms with Gasteiger partial charge in [0.15, 0.2) is 0 Å². The van der Waals surface area contributed by atoms with Crippen LogP contribution in [0.2, 0.25) is 0 Å². The lowest BCUT2D eigenvalue weighted by molar-refractivity contribution is -0.147. The van der Waals surface area contributed by atoms with Crippen LogP contribution < -0.4 is 10.6 Å². The Balaban J connectivity index is 4.34. The van der Waals surface area contributed by atoms with Crippen LogP contribution in [0.1, 0.15) is 34.1 Å². The van der Waals surface area contributed by atoms with Gasteiger partial charge in [-0.1, -0.05) is 6.92 Å². The minimum atomic E-state index is -1.00. The molecule has 0 spiro atoms. The summed E-state index contributed by atoms with van der Waals surface area (Å²) in [5.41, 5.74) is -1.00. The fraction of sp³-hybridized carbons (Fsp3) is 0.769. The van der Waals surface area contributed by atoms with E-state index in [2.05, 4.69) is 10.6 Å². The number of rotatable bonds is 7. The van der Waals surface area contributed by atoms with Crippen molar-refractivity contribution in [3.63, 3.8) is 0 Å². The Kier molecular flexibility index (Phi) is 7.02. The predicted molar refractivity (Wildman–Crippen MR) is 75.3 cm³/mol. The second kappa shape index (κ2) is 7.72. The van der Waals surface area contributed by atoms with Gasteiger partial charge >= 0.3 is 12.0 Å². The van der Waals surface area contributed by atoms with Crippen LogP contribution in [0.5, 0.6) is 0 Å². The molecule has 7 heteroatoms. The molecule has 0 saturated heterocycles. The number of carboxylic acid groups (broad SMARTS) is 1. The molecule has 0 saturated carbocycles. The largest absolute Gasteiger partial charge is 0.481 e. The zero-order valence-corrected chi connectivity index (χ0v) is 12.8. The summed E-state index contributed by atoms with van der Waals surface area (Å²) in [6.07, 6.45) is 0.403. The molecule has 20 heavy (non-hydrogen) atoms. The molecule has 0 aliphatic carbocycles. The average molecular weight is 287 g/mol. The SMILES string of the molecule is CCC(C)(CNC(=O)N(C)CC(=O)NC(C)C)C(=O)O. The molecule has 0 aliphatic rings. The Bertz CT molecular complexity index is 371. The first-order chi connectivity index (χ1) is 9.12. The van der Waals surface area contributed by atoms with Crippen LogP contribution in [0.4, 0.5) is 4.79 Å². The van der Waals surface area contributed by atoms with Crippen LogP contribution in [-0.4, -0.2) is 54.1 Å². The maximum absolute atomic E-state index is 11.8. The van der Waals surface area contributed by atoms with Gasteiger partial charge in [-0.3, -0.25) is 9.59 Å². The van der Waals surface area contributed by atoms with Gasteiger partial charge in [0.25, 0.3) is 0 Å². The first-order valence-electron chi connectivity index (χ1n) is 6.64. The number of urea groups is 1. The molecule has 0 aliphatic heterocycles. The molecule has 3 N–H and O–H groups in total. The lowest BCUT2D eigenvalue weighted by atomic mass is 9.88. The van der Waals surface area contributed by atoms with Gasteiger partial charge in [-0.2, -0.15) is 0 Å². The molecule has 0 aromatic heterocycles. The van der Waals surface area contributed by atoms with Gasteiger partial charge in [0.1, 0.15) is 6.54 Å². The summed E-state index contributed by atoms with van der Waals surface area (Å²) in [6, 6.07) is -0.459. The summed E-state index contributed by atoms with van der Waals surface area (Å²) in [5.74, 6) is -1.21. The van der Waals surface area contributed by atoms with Crippen LogP contribution in [0, 0.1) is 5.41 Å². The fourth-order valence-electron chi connectivity index (χ4n) is 1.41. The van der Waals surface area contributed by atoms with E-state index in [1.54, 1.807) is 13.8 Å². The first kappa shape index (κ1) is 18.2. The number of likely N-dealkylation sites (N-methyl/N-ethyl adjacent to an activating group) is 1. The molecular weight excluding hydrogens is 262 g/mol. The van der Waals surface area contributed by atoms with E-state index < -0.39 is 17.4 Å². The third-order valence-corrected chi connectivity index (χ3v) is 3.10. The number of amides is 3. The number of carbonyl (C=O) groups is 3. The monoisotopic (exact) mass is 287 g/mol. The van der Waals surface area contributed by atoms with Gasteiger partial charge in [-0.15, -0.1) is 0 Å². The van der Waals surface area contributed by atoms with Gasteiger partial charge in [0, 0.05) is 19.6 Å². The lowest BCUT2D eigenvalue weighted by Crippen LogP contribution is -2.48. The Morgan fingerprint density at radius 3 is 2.25 bits per heavy atom. The normalized spacial score (nSPS) is 13.5. The predicted octanol–water partition coefficient (Wildman–Crippen LogP) is 0.653. The Morgan fingerprint density at radius 2 is 1.85 bits per heavy atom. The van der Waals surface area contributed by atoms with Crippen LogP contribution in [0.15, 0.2) is 0 Å². The van der Waals surface area contributed by atoms with E-state index in [0.717, 1.165) is 0 Å². The molecule has 0 rings (SSSR count). The van der Waals surface area contributed by atoms with Crippen molar-refractivity contribution in [2.75, 3.05) is 20.1 Å². The van der Waals surface area contributed by atoms with E-state index in [4.69, 9.17) is 5.11 Å². The van der Waals surface area contributed by atoms with E-state index in [9.17, 15) is 14.4 Å². The molecule has 1 unspecified atom stereocenters. The second-order valence-corrected chi connectivity index (χ2v) is 5.46. The van der Waals surface area contributed by atoms with E-state index in [1.165, 1.54) is 11.9 Å². The van der Waals surface area contributed by atoms with Gasteiger partial charge in [0.2, 0.25) is 5.91 Å². The van der Waals surface area contributed by atoms with Crippen LogP contribution in [-0.2, 0) is 9.59 Å². The van der Waals surface area contributed by atoms with Crippen molar-refractivity contribution in [3.05, 3.63) is 0 Å². The number of hydrogen-bond donors (Lipinski definition) is 3. The fourth-order valence-corrected chi connectivity index (χ4v) is 1.41. The van der Waals surface area contributed by atoms with Crippen molar-refractivity contribution >= 4 is 17.9 Å². The molecule has 3 amide bonds. The summed E-state index contributed by atoms with van der Waals surface area (Å²) in [6.45, 7) is 6.93. The molecule has 0 aromatic carbocycles. The highest BCUT2D eigenvalue weighted by molar-refractivity contribution is 5.84. The third kappa shape index (κ3) is 5.90. The highest BCUT2D eigenvalue weighted by Gasteiger charge is 2.31. The zero-order chi connectivity index (χ0) is 15.9. The van der Waals surface area contributed by atoms with Crippen molar-refractivity contribution < 1.29 is 19.5 Å². The maximum atomic E-state index is 11.8. The number of carboxylic acids is 1. The van der Waals surface area contributed by atoms with E-state index in [-0.39, 0.29) is 25.0 Å². The first-order valence-corrected chi connectivity index (χ1v) is 6.64. The number of hydrogen-bond acceptors (Lipinski definition) is 3. The number of carbonyl (C=O) groups excluding carboxylic acids is 2. The molecule has 0 radical (unpaired) electrons. The van der Waals surface area contributed by atoms with E-state index in [1.807, 2.05) is 13.8 Å². The summed E-state index contributed by atoms with van der Waals surface area (Å²) in [7, 11) is 1.49. The van der Waals surface area contributed by atoms with Crippen molar-refractivity contribution in [2.24, 2.45) is 5.41 Å². The average Bonchev–Trinajstić information content (AvgIpc) is 2.33. The van der Waals surface area contributed by atoms with Gasteiger partial charge < -0.3 is 20.6 Å². The standard InChI is InChI=1S/C13H25N3O4/c1-6-13(4,11(18)19)8-14-12(20)16(5)7-10(17)15-9(2)3/h9H,6-8H2,1-5H3,(H,14,20)(H,15,17)(H,18,19). The highest BCUT2D eigenvalue weighted by atomic mass is 16.4. The minimum absolute atomic E-state index is 0.00866. The summed E-state index contributed by atoms with van der Waals surface area (Å²) < 4.78 is 0. The smallest absolute Gasteiger partial charge is 0.317 e. The lowest BCUT2D eigenvalue weighted by Gasteiger charge is -2.25. The molecule has 7 nitrogen and oxygen atoms in total. The van der Waals surface area contributed by atoms with E-state index >= 15 is 0 Å². The van der Waals surface area contributed by atoms with Gasteiger partial charge in [-0.25, -0.2) is 4.79 Å². The van der Waals surface area contributed by atoms with Crippen LogP contribution in [0.25, 0.3) is 0 Å². The van der Waals surface area contributed by atoms with Crippen LogP contribution >= 0.6 is 0 Å². The molecule has 0 heterocycles. The molecule has 0 fully saturated rings. The Morgan fingerprint density at radius 1 is 1.30 bits per heavy atom. The summed E-state index contributed by atoms with van der Waals surface area (Å²) in [5, 5.41) is 14.3. The molecule has 1 atom stereocenters. The van der Waals surface area contributed by atoms with Crippen molar-refractivity contribution in [1.29, 1.82) is 0 Å². The van der Waals surface area contributed by atoms with Gasteiger partial charge in [0.05, 0.1) is 5.41 Å². The molecule has 0 aromatic rings. The molecule has 116 valence electrons. The summed E-state index contributed by atoms with van der Waals surface area (Å²) >= 11 is 0. The topological polar surface area (TPSA) is 98.7 Å². The molecule has 0 bridgehead atoms. The number of nitrogens with one attached hydrogen (secondary N) is 2. The summed E-state index contributed by atoms with van der Waals surface area (Å²) in [4.78, 5) is 35.6. The third-order valence-electron chi connectivity index (χ3n) is 3.10. The highest BCUT2D eigenvalue weighted by Crippen LogP contribution is 2.19. The van der Waals surface area contributed by atoms with E-state index in [0.29, 0.717) is 6.42 Å². The number of aliphatic carboxylic acids is 1. The Hall–Kier alpha value is -1.79. The zero-order valence-electron chi connectivity index (χ0n) is 12.8. The second-order valence-electron chi connectivity index (χ2n) is 5.46. The Labute approximate surface area is 119 Å². The number of nitrogens with zero attached hydrogens (tertiary/aromatic N) is 1. The maximum Gasteiger partial charge on any atom is 0.317 e. The van der Waals surface area contributed by atoms with Crippen LogP contribution in [0.3, 0.4) is 0 Å². The minimum Gasteiger partial charge on any atom is -0.481 e. The van der Waals surface area contributed by atoms with Crippen molar-refractivity contribution in [1.82, 2.24) is 15.5 Å². The van der Waals surface area contributed by atoms with Crippen molar-refractivity contribution in [3.8, 4) is 0 Å². The van der Waals surface area contributed by atoms with Crippen molar-refractivity contribution in [2.45, 2.75) is 40.2 Å².